The molecule has 0 radical (unpaired) electrons. The number of hydrogen-bond acceptors (Lipinski definition) is 5. The van der Waals surface area contributed by atoms with Crippen LogP contribution in [0.15, 0.2) is 38.1 Å². The number of nitrogens with zero attached hydrogens (tertiary/aromatic N) is 3. The Bertz CT molecular complexity index is 525. The third-order valence-electron chi connectivity index (χ3n) is 2.34. The summed E-state index contributed by atoms with van der Waals surface area (Å²) in [6.45, 7) is 3.61. The van der Waals surface area contributed by atoms with Gasteiger partial charge in [-0.25, -0.2) is 4.79 Å². The van der Waals surface area contributed by atoms with Crippen LogP contribution < -0.4 is 0 Å². The van der Waals surface area contributed by atoms with E-state index in [1.165, 1.54) is 0 Å². The van der Waals surface area contributed by atoms with Crippen molar-refractivity contribution in [3.63, 3.8) is 0 Å². The van der Waals surface area contributed by atoms with Crippen molar-refractivity contribution in [1.29, 1.82) is 0 Å². The smallest absolute Gasteiger partial charge is 0.315 e. The summed E-state index contributed by atoms with van der Waals surface area (Å²) in [6.07, 6.45) is 0. The molecule has 1 atom stereocenters. The largest absolute Gasteiger partial charge is 0.367 e. The van der Waals surface area contributed by atoms with E-state index >= 15 is 0 Å². The predicted molar refractivity (Wildman–Crippen MR) is 66.4 cm³/mol. The van der Waals surface area contributed by atoms with Crippen LogP contribution in [0.25, 0.3) is 0 Å². The van der Waals surface area contributed by atoms with Crippen LogP contribution in [0, 0.1) is 6.92 Å². The summed E-state index contributed by atoms with van der Waals surface area (Å²) < 4.78 is 0.979. The van der Waals surface area contributed by atoms with Crippen molar-refractivity contribution in [1.82, 2.24) is 0 Å². The lowest BCUT2D eigenvalue weighted by Gasteiger charge is -2.01. The van der Waals surface area contributed by atoms with Gasteiger partial charge in [0, 0.05) is 4.47 Å². The van der Waals surface area contributed by atoms with Gasteiger partial charge in [-0.3, -0.25) is 0 Å². The Balaban J connectivity index is 2.20. The fraction of sp³-hybridized carbons (Fsp3) is 0.273. The van der Waals surface area contributed by atoms with Crippen LogP contribution in [-0.2, 0) is 9.63 Å². The molecule has 0 spiro atoms. The first-order valence-corrected chi connectivity index (χ1v) is 5.79. The molecule has 17 heavy (non-hydrogen) atoms. The van der Waals surface area contributed by atoms with Gasteiger partial charge in [0.15, 0.2) is 0 Å². The maximum absolute atomic E-state index is 11.2. The molecule has 0 saturated carbocycles. The molecule has 88 valence electrons. The highest BCUT2D eigenvalue weighted by molar-refractivity contribution is 9.10. The Hall–Kier alpha value is -1.56. The van der Waals surface area contributed by atoms with Crippen LogP contribution in [0.3, 0.4) is 0 Å². The molecule has 1 unspecified atom stereocenters. The number of oxime groups is 1. The van der Waals surface area contributed by atoms with Crippen LogP contribution in [0.1, 0.15) is 12.5 Å². The lowest BCUT2D eigenvalue weighted by Crippen LogP contribution is -2.19. The van der Waals surface area contributed by atoms with E-state index in [-0.39, 0.29) is 0 Å². The van der Waals surface area contributed by atoms with Gasteiger partial charge >= 0.3 is 5.97 Å². The summed E-state index contributed by atoms with van der Waals surface area (Å²) in [5.74, 6) is -0.485. The molecule has 2 rings (SSSR count). The molecular weight excluding hydrogens is 286 g/mol. The molecule has 1 heterocycles. The summed E-state index contributed by atoms with van der Waals surface area (Å²) in [7, 11) is 0. The molecule has 0 fully saturated rings. The van der Waals surface area contributed by atoms with Gasteiger partial charge in [0.1, 0.15) is 0 Å². The van der Waals surface area contributed by atoms with Crippen LogP contribution in [0.5, 0.6) is 0 Å². The van der Waals surface area contributed by atoms with E-state index in [2.05, 4.69) is 36.2 Å². The van der Waals surface area contributed by atoms with E-state index < -0.39 is 12.0 Å². The molecule has 0 saturated heterocycles. The van der Waals surface area contributed by atoms with Gasteiger partial charge in [0.05, 0.1) is 11.4 Å². The van der Waals surface area contributed by atoms with E-state index in [9.17, 15) is 4.79 Å². The molecule has 0 aliphatic carbocycles. The Morgan fingerprint density at radius 2 is 2.18 bits per heavy atom. The molecule has 1 aliphatic heterocycles. The first-order valence-electron chi connectivity index (χ1n) is 5.00. The van der Waals surface area contributed by atoms with E-state index in [0.717, 1.165) is 15.7 Å². The number of azo groups is 1. The molecule has 1 aromatic carbocycles. The van der Waals surface area contributed by atoms with Gasteiger partial charge in [-0.05, 0) is 37.6 Å². The third kappa shape index (κ3) is 2.58. The third-order valence-corrected chi connectivity index (χ3v) is 2.83. The molecule has 6 heteroatoms. The van der Waals surface area contributed by atoms with Crippen molar-refractivity contribution >= 4 is 33.3 Å². The maximum atomic E-state index is 11.2. The van der Waals surface area contributed by atoms with Crippen molar-refractivity contribution in [2.45, 2.75) is 19.9 Å². The summed E-state index contributed by atoms with van der Waals surface area (Å²) in [6, 6.07) is 4.92. The Morgan fingerprint density at radius 1 is 1.41 bits per heavy atom. The minimum absolute atomic E-state index is 0.485. The number of carbonyl (C=O) groups excluding carboxylic acids is 1. The van der Waals surface area contributed by atoms with Crippen molar-refractivity contribution in [3.05, 3.63) is 28.2 Å². The average molecular weight is 296 g/mol. The van der Waals surface area contributed by atoms with Gasteiger partial charge < -0.3 is 4.84 Å². The number of carbonyl (C=O) groups is 1. The van der Waals surface area contributed by atoms with Crippen molar-refractivity contribution < 1.29 is 9.63 Å². The zero-order chi connectivity index (χ0) is 12.4. The van der Waals surface area contributed by atoms with Crippen LogP contribution >= 0.6 is 15.9 Å². The molecule has 5 nitrogen and oxygen atoms in total. The quantitative estimate of drug-likeness (QED) is 0.621. The van der Waals surface area contributed by atoms with Crippen LogP contribution in [-0.4, -0.2) is 17.7 Å². The number of rotatable bonds is 2. The molecule has 0 amide bonds. The van der Waals surface area contributed by atoms with Gasteiger partial charge in [-0.15, -0.1) is 0 Å². The Morgan fingerprint density at radius 3 is 2.76 bits per heavy atom. The topological polar surface area (TPSA) is 63.4 Å². The minimum atomic E-state index is -0.710. The number of aryl methyl sites for hydroxylation is 1. The molecule has 1 aliphatic rings. The summed E-state index contributed by atoms with van der Waals surface area (Å²) in [5.41, 5.74) is 2.22. The molecular formula is C11H10BrN3O2. The molecule has 1 aromatic rings. The van der Waals surface area contributed by atoms with Gasteiger partial charge in [0.25, 0.3) is 0 Å². The fourth-order valence-corrected chi connectivity index (χ4v) is 1.84. The van der Waals surface area contributed by atoms with Gasteiger partial charge in [-0.2, -0.15) is 10.2 Å². The predicted octanol–water partition coefficient (Wildman–Crippen LogP) is 3.14. The minimum Gasteiger partial charge on any atom is -0.315 e. The van der Waals surface area contributed by atoms with Gasteiger partial charge in [-0.1, -0.05) is 21.1 Å². The van der Waals surface area contributed by atoms with E-state index in [1.54, 1.807) is 6.92 Å². The Kier molecular flexibility index (Phi) is 3.33. The van der Waals surface area contributed by atoms with Crippen molar-refractivity contribution in [2.75, 3.05) is 0 Å². The summed E-state index contributed by atoms with van der Waals surface area (Å²) in [5, 5.41) is 11.6. The summed E-state index contributed by atoms with van der Waals surface area (Å²) in [4.78, 5) is 15.8. The second kappa shape index (κ2) is 4.75. The first-order chi connectivity index (χ1) is 8.08. The van der Waals surface area contributed by atoms with E-state index in [0.29, 0.717) is 5.71 Å². The van der Waals surface area contributed by atoms with Crippen LogP contribution in [0.2, 0.25) is 0 Å². The monoisotopic (exact) mass is 295 g/mol. The number of halogens is 1. The highest BCUT2D eigenvalue weighted by Gasteiger charge is 2.29. The second-order valence-corrected chi connectivity index (χ2v) is 4.61. The zero-order valence-electron chi connectivity index (χ0n) is 9.35. The maximum Gasteiger partial charge on any atom is 0.367 e. The standard InChI is InChI=1S/C11H10BrN3O2/c1-6-5-8(12)3-4-9(6)13-14-10-7(2)15-17-11(10)16/h3-5,10H,1-2H3. The number of benzene rings is 1. The highest BCUT2D eigenvalue weighted by atomic mass is 79.9. The lowest BCUT2D eigenvalue weighted by atomic mass is 10.2. The second-order valence-electron chi connectivity index (χ2n) is 3.69. The fourth-order valence-electron chi connectivity index (χ4n) is 1.37. The van der Waals surface area contributed by atoms with E-state index in [4.69, 9.17) is 0 Å². The first kappa shape index (κ1) is 11.9. The van der Waals surface area contributed by atoms with Crippen LogP contribution in [0.4, 0.5) is 5.69 Å². The SMILES string of the molecule is CC1=NOC(=O)C1N=Nc1ccc(Br)cc1C. The molecule has 0 bridgehead atoms. The van der Waals surface area contributed by atoms with E-state index in [1.807, 2.05) is 25.1 Å². The zero-order valence-corrected chi connectivity index (χ0v) is 10.9. The lowest BCUT2D eigenvalue weighted by molar-refractivity contribution is -0.141. The van der Waals surface area contributed by atoms with Gasteiger partial charge in [0.2, 0.25) is 6.04 Å². The normalized spacial score (nSPS) is 19.6. The van der Waals surface area contributed by atoms with Crippen molar-refractivity contribution in [2.24, 2.45) is 15.4 Å². The number of hydrogen-bond donors (Lipinski definition) is 0. The molecule has 0 aromatic heterocycles. The van der Waals surface area contributed by atoms with Crippen molar-refractivity contribution in [3.8, 4) is 0 Å². The Labute approximate surface area is 107 Å². The average Bonchev–Trinajstić information content (AvgIpc) is 2.58. The molecule has 0 N–H and O–H groups in total. The highest BCUT2D eigenvalue weighted by Crippen LogP contribution is 2.23. The summed E-state index contributed by atoms with van der Waals surface area (Å²) >= 11 is 3.37.